The molecular formula is C18H20N2O5S. The van der Waals surface area contributed by atoms with Crippen molar-refractivity contribution in [3.8, 4) is 5.75 Å². The summed E-state index contributed by atoms with van der Waals surface area (Å²) in [4.78, 5) is 36.6. The maximum Gasteiger partial charge on any atom is 0.341 e. The smallest absolute Gasteiger partial charge is 0.341 e. The van der Waals surface area contributed by atoms with Gasteiger partial charge >= 0.3 is 5.97 Å². The summed E-state index contributed by atoms with van der Waals surface area (Å²) in [7, 11) is 1.69. The van der Waals surface area contributed by atoms with Crippen LogP contribution >= 0.6 is 11.3 Å². The van der Waals surface area contributed by atoms with E-state index >= 15 is 0 Å². The van der Waals surface area contributed by atoms with Gasteiger partial charge in [0, 0.05) is 26.6 Å². The summed E-state index contributed by atoms with van der Waals surface area (Å²) < 4.78 is 5.06. The summed E-state index contributed by atoms with van der Waals surface area (Å²) in [5, 5.41) is 13.1. The monoisotopic (exact) mass is 376 g/mol. The van der Waals surface area contributed by atoms with Crippen LogP contribution in [0.5, 0.6) is 5.75 Å². The van der Waals surface area contributed by atoms with Crippen molar-refractivity contribution in [2.45, 2.75) is 13.0 Å². The van der Waals surface area contributed by atoms with Gasteiger partial charge in [-0.3, -0.25) is 9.59 Å². The molecule has 7 nitrogen and oxygen atoms in total. The van der Waals surface area contributed by atoms with Crippen molar-refractivity contribution in [2.75, 3.05) is 20.2 Å². The minimum Gasteiger partial charge on any atom is -0.482 e. The van der Waals surface area contributed by atoms with Crippen LogP contribution < -0.4 is 10.1 Å². The second-order valence-electron chi connectivity index (χ2n) is 5.56. The van der Waals surface area contributed by atoms with Gasteiger partial charge in [-0.1, -0.05) is 18.2 Å². The molecule has 2 N–H and O–H groups in total. The molecule has 0 aliphatic rings. The Labute approximate surface area is 155 Å². The quantitative estimate of drug-likeness (QED) is 0.698. The van der Waals surface area contributed by atoms with Gasteiger partial charge < -0.3 is 20.1 Å². The van der Waals surface area contributed by atoms with Crippen LogP contribution in [0.3, 0.4) is 0 Å². The number of hydrogen-bond donors (Lipinski definition) is 2. The zero-order valence-corrected chi connectivity index (χ0v) is 15.1. The van der Waals surface area contributed by atoms with Crippen LogP contribution in [-0.2, 0) is 16.1 Å². The van der Waals surface area contributed by atoms with Crippen molar-refractivity contribution in [1.82, 2.24) is 10.2 Å². The molecule has 0 saturated heterocycles. The lowest BCUT2D eigenvalue weighted by Crippen LogP contribution is -2.31. The highest BCUT2D eigenvalue weighted by atomic mass is 32.1. The van der Waals surface area contributed by atoms with E-state index in [4.69, 9.17) is 9.84 Å². The normalized spacial score (nSPS) is 10.2. The van der Waals surface area contributed by atoms with Crippen LogP contribution in [-0.4, -0.2) is 48.0 Å². The maximum absolute atomic E-state index is 12.1. The lowest BCUT2D eigenvalue weighted by molar-refractivity contribution is -0.139. The first-order valence-electron chi connectivity index (χ1n) is 7.95. The number of rotatable bonds is 9. The van der Waals surface area contributed by atoms with Crippen molar-refractivity contribution in [2.24, 2.45) is 0 Å². The first kappa shape index (κ1) is 19.5. The standard InChI is InChI=1S/C18H20N2O5S/c1-20(11-13-4-6-14(7-5-13)25-12-17(22)23)16(21)8-9-19-18(24)15-3-2-10-26-15/h2-7,10H,8-9,11-12H2,1H3,(H,19,24)(H,22,23). The molecule has 0 aliphatic heterocycles. The molecule has 0 spiro atoms. The molecule has 1 heterocycles. The summed E-state index contributed by atoms with van der Waals surface area (Å²) in [5.74, 6) is -0.831. The molecule has 26 heavy (non-hydrogen) atoms. The third-order valence-corrected chi connectivity index (χ3v) is 4.37. The van der Waals surface area contributed by atoms with E-state index < -0.39 is 12.6 Å². The van der Waals surface area contributed by atoms with Crippen LogP contribution in [0.25, 0.3) is 0 Å². The molecule has 0 aliphatic carbocycles. The Kier molecular flexibility index (Phi) is 7.16. The zero-order valence-electron chi connectivity index (χ0n) is 14.3. The second kappa shape index (κ2) is 9.57. The highest BCUT2D eigenvalue weighted by Crippen LogP contribution is 2.13. The molecule has 0 bridgehead atoms. The van der Waals surface area contributed by atoms with Crippen molar-refractivity contribution in [3.05, 3.63) is 52.2 Å². The van der Waals surface area contributed by atoms with Crippen molar-refractivity contribution >= 4 is 29.1 Å². The maximum atomic E-state index is 12.1. The number of aliphatic carboxylic acids is 1. The number of amides is 2. The minimum atomic E-state index is -1.04. The predicted octanol–water partition coefficient (Wildman–Crippen LogP) is 1.99. The molecule has 2 rings (SSSR count). The average Bonchev–Trinajstić information content (AvgIpc) is 3.15. The molecule has 0 fully saturated rings. The number of nitrogens with zero attached hydrogens (tertiary/aromatic N) is 1. The SMILES string of the molecule is CN(Cc1ccc(OCC(=O)O)cc1)C(=O)CCNC(=O)c1cccs1. The third-order valence-electron chi connectivity index (χ3n) is 3.50. The van der Waals surface area contributed by atoms with Crippen LogP contribution in [0.4, 0.5) is 0 Å². The highest BCUT2D eigenvalue weighted by Gasteiger charge is 2.11. The number of ether oxygens (including phenoxy) is 1. The average molecular weight is 376 g/mol. The van der Waals surface area contributed by atoms with Crippen LogP contribution in [0.2, 0.25) is 0 Å². The number of thiophene rings is 1. The van der Waals surface area contributed by atoms with E-state index in [1.165, 1.54) is 11.3 Å². The number of carboxylic acids is 1. The summed E-state index contributed by atoms with van der Waals surface area (Å²) in [6.07, 6.45) is 0.216. The predicted molar refractivity (Wildman–Crippen MR) is 97.3 cm³/mol. The summed E-state index contributed by atoms with van der Waals surface area (Å²) in [6, 6.07) is 10.4. The van der Waals surface area contributed by atoms with E-state index in [9.17, 15) is 14.4 Å². The van der Waals surface area contributed by atoms with Gasteiger partial charge in [-0.15, -0.1) is 11.3 Å². The van der Waals surface area contributed by atoms with E-state index in [1.54, 1.807) is 48.3 Å². The van der Waals surface area contributed by atoms with Crippen LogP contribution in [0, 0.1) is 0 Å². The molecule has 0 saturated carbocycles. The minimum absolute atomic E-state index is 0.0808. The molecule has 0 atom stereocenters. The van der Waals surface area contributed by atoms with Gasteiger partial charge in [-0.05, 0) is 29.1 Å². The van der Waals surface area contributed by atoms with E-state index in [1.807, 2.05) is 5.38 Å². The Balaban J connectivity index is 1.74. The Morgan fingerprint density at radius 3 is 2.54 bits per heavy atom. The van der Waals surface area contributed by atoms with Crippen molar-refractivity contribution < 1.29 is 24.2 Å². The molecular weight excluding hydrogens is 356 g/mol. The fraction of sp³-hybridized carbons (Fsp3) is 0.278. The van der Waals surface area contributed by atoms with E-state index in [2.05, 4.69) is 5.32 Å². The van der Waals surface area contributed by atoms with Gasteiger partial charge in [-0.25, -0.2) is 4.79 Å². The first-order chi connectivity index (χ1) is 12.5. The molecule has 0 radical (unpaired) electrons. The summed E-state index contributed by atoms with van der Waals surface area (Å²) >= 11 is 1.35. The first-order valence-corrected chi connectivity index (χ1v) is 8.83. The summed E-state index contributed by atoms with van der Waals surface area (Å²) in [5.41, 5.74) is 0.895. The third kappa shape index (κ3) is 6.21. The van der Waals surface area contributed by atoms with Crippen LogP contribution in [0.1, 0.15) is 21.7 Å². The largest absolute Gasteiger partial charge is 0.482 e. The van der Waals surface area contributed by atoms with Gasteiger partial charge in [0.15, 0.2) is 6.61 Å². The molecule has 0 unspecified atom stereocenters. The number of carbonyl (C=O) groups excluding carboxylic acids is 2. The lowest BCUT2D eigenvalue weighted by Gasteiger charge is -2.17. The molecule has 138 valence electrons. The Hall–Kier alpha value is -2.87. The molecule has 2 aromatic rings. The molecule has 1 aromatic carbocycles. The molecule has 1 aromatic heterocycles. The van der Waals surface area contributed by atoms with Crippen molar-refractivity contribution in [3.63, 3.8) is 0 Å². The Morgan fingerprint density at radius 2 is 1.92 bits per heavy atom. The Morgan fingerprint density at radius 1 is 1.19 bits per heavy atom. The number of nitrogens with one attached hydrogen (secondary N) is 1. The lowest BCUT2D eigenvalue weighted by atomic mass is 10.2. The zero-order chi connectivity index (χ0) is 18.9. The van der Waals surface area contributed by atoms with Gasteiger partial charge in [0.1, 0.15) is 5.75 Å². The van der Waals surface area contributed by atoms with E-state index in [0.717, 1.165) is 5.56 Å². The second-order valence-corrected chi connectivity index (χ2v) is 6.51. The topological polar surface area (TPSA) is 95.9 Å². The fourth-order valence-electron chi connectivity index (χ4n) is 2.17. The molecule has 8 heteroatoms. The van der Waals surface area contributed by atoms with E-state index in [0.29, 0.717) is 17.2 Å². The number of benzene rings is 1. The number of hydrogen-bond acceptors (Lipinski definition) is 5. The number of carbonyl (C=O) groups is 3. The van der Waals surface area contributed by atoms with Gasteiger partial charge in [-0.2, -0.15) is 0 Å². The van der Waals surface area contributed by atoms with Crippen LogP contribution in [0.15, 0.2) is 41.8 Å². The van der Waals surface area contributed by atoms with Gasteiger partial charge in [0.25, 0.3) is 5.91 Å². The van der Waals surface area contributed by atoms with Gasteiger partial charge in [0.2, 0.25) is 5.91 Å². The Bertz CT molecular complexity index is 743. The highest BCUT2D eigenvalue weighted by molar-refractivity contribution is 7.12. The van der Waals surface area contributed by atoms with Crippen molar-refractivity contribution in [1.29, 1.82) is 0 Å². The van der Waals surface area contributed by atoms with E-state index in [-0.39, 0.29) is 24.8 Å². The fourth-order valence-corrected chi connectivity index (χ4v) is 2.81. The number of carboxylic acid groups (broad SMARTS) is 1. The van der Waals surface area contributed by atoms with Gasteiger partial charge in [0.05, 0.1) is 4.88 Å². The summed E-state index contributed by atoms with van der Waals surface area (Å²) in [6.45, 7) is 0.299. The molecule has 2 amide bonds.